The van der Waals surface area contributed by atoms with Crippen LogP contribution in [0.25, 0.3) is 22.4 Å². The molecule has 0 radical (unpaired) electrons. The Bertz CT molecular complexity index is 1130. The molecule has 0 aliphatic carbocycles. The highest BCUT2D eigenvalue weighted by Gasteiger charge is 2.16. The van der Waals surface area contributed by atoms with E-state index in [1.54, 1.807) is 39.7 Å². The van der Waals surface area contributed by atoms with E-state index >= 15 is 0 Å². The Kier molecular flexibility index (Phi) is 3.25. The standard InChI is InChI=1S/C16H10BrClN4O/c1-9-7-12-13(8-10(9)17)22(11-3-2-4-19-14(11)18)16(23)15-20-5-6-21(12)15/h2-8H,1H3. The lowest BCUT2D eigenvalue weighted by atomic mass is 10.2. The van der Waals surface area contributed by atoms with Crippen LogP contribution in [-0.2, 0) is 0 Å². The molecule has 3 heterocycles. The van der Waals surface area contributed by atoms with Gasteiger partial charge in [0.2, 0.25) is 5.65 Å². The molecule has 0 saturated heterocycles. The summed E-state index contributed by atoms with van der Waals surface area (Å²) in [4.78, 5) is 21.2. The third-order valence-electron chi connectivity index (χ3n) is 3.77. The first-order valence-electron chi connectivity index (χ1n) is 6.87. The van der Waals surface area contributed by atoms with Gasteiger partial charge in [-0.25, -0.2) is 9.97 Å². The van der Waals surface area contributed by atoms with E-state index in [9.17, 15) is 4.79 Å². The Morgan fingerprint density at radius 1 is 1.17 bits per heavy atom. The number of hydrogen-bond acceptors (Lipinski definition) is 3. The van der Waals surface area contributed by atoms with Crippen LogP contribution in [0.2, 0.25) is 5.15 Å². The van der Waals surface area contributed by atoms with Crippen molar-refractivity contribution in [2.75, 3.05) is 0 Å². The van der Waals surface area contributed by atoms with E-state index in [0.29, 0.717) is 11.3 Å². The summed E-state index contributed by atoms with van der Waals surface area (Å²) < 4.78 is 4.26. The van der Waals surface area contributed by atoms with Crippen LogP contribution >= 0.6 is 27.5 Å². The monoisotopic (exact) mass is 388 g/mol. The van der Waals surface area contributed by atoms with E-state index in [-0.39, 0.29) is 10.7 Å². The molecule has 0 saturated carbocycles. The first-order chi connectivity index (χ1) is 11.1. The molecule has 0 spiro atoms. The molecule has 0 N–H and O–H groups in total. The lowest BCUT2D eigenvalue weighted by Gasteiger charge is -2.14. The Balaban J connectivity index is 2.30. The van der Waals surface area contributed by atoms with Crippen molar-refractivity contribution in [2.45, 2.75) is 6.92 Å². The second kappa shape index (κ2) is 5.18. The third kappa shape index (κ3) is 2.09. The van der Waals surface area contributed by atoms with E-state index in [0.717, 1.165) is 21.1 Å². The van der Waals surface area contributed by atoms with Crippen LogP contribution in [0.5, 0.6) is 0 Å². The molecule has 0 aliphatic rings. The number of rotatable bonds is 1. The van der Waals surface area contributed by atoms with Crippen LogP contribution in [0.4, 0.5) is 0 Å². The first-order valence-corrected chi connectivity index (χ1v) is 8.04. The Morgan fingerprint density at radius 3 is 2.78 bits per heavy atom. The van der Waals surface area contributed by atoms with Gasteiger partial charge in [0.15, 0.2) is 5.15 Å². The molecule has 7 heteroatoms. The van der Waals surface area contributed by atoms with Crippen molar-refractivity contribution in [1.29, 1.82) is 0 Å². The van der Waals surface area contributed by atoms with Crippen LogP contribution < -0.4 is 5.56 Å². The average molecular weight is 390 g/mol. The largest absolute Gasteiger partial charge is 0.299 e. The van der Waals surface area contributed by atoms with Crippen LogP contribution in [0.3, 0.4) is 0 Å². The highest BCUT2D eigenvalue weighted by Crippen LogP contribution is 2.27. The molecule has 5 nitrogen and oxygen atoms in total. The number of benzene rings is 1. The summed E-state index contributed by atoms with van der Waals surface area (Å²) in [5.41, 5.74) is 3.30. The first kappa shape index (κ1) is 14.4. The smallest absolute Gasteiger partial charge is 0.294 e. The summed E-state index contributed by atoms with van der Waals surface area (Å²) in [6, 6.07) is 7.44. The second-order valence-electron chi connectivity index (χ2n) is 5.16. The fourth-order valence-electron chi connectivity index (χ4n) is 2.68. The SMILES string of the molecule is Cc1cc2c(cc1Br)n(-c1cccnc1Cl)c(=O)c1nccn12. The minimum atomic E-state index is -0.242. The molecule has 0 aliphatic heterocycles. The molecule has 4 aromatic rings. The number of imidazole rings is 1. The van der Waals surface area contributed by atoms with Gasteiger partial charge in [-0.15, -0.1) is 0 Å². The zero-order chi connectivity index (χ0) is 16.1. The van der Waals surface area contributed by atoms with Gasteiger partial charge in [0.1, 0.15) is 0 Å². The van der Waals surface area contributed by atoms with Gasteiger partial charge in [0.25, 0.3) is 5.56 Å². The third-order valence-corrected chi connectivity index (χ3v) is 4.92. The Hall–Kier alpha value is -2.18. The van der Waals surface area contributed by atoms with Crippen LogP contribution in [-0.4, -0.2) is 18.9 Å². The van der Waals surface area contributed by atoms with Crippen LogP contribution in [0.15, 0.2) is 52.1 Å². The van der Waals surface area contributed by atoms with Gasteiger partial charge in [-0.3, -0.25) is 13.8 Å². The van der Waals surface area contributed by atoms with Gasteiger partial charge in [-0.2, -0.15) is 0 Å². The maximum atomic E-state index is 12.9. The lowest BCUT2D eigenvalue weighted by Crippen LogP contribution is -2.22. The van der Waals surface area contributed by atoms with Crippen molar-refractivity contribution >= 4 is 44.2 Å². The predicted octanol–water partition coefficient (Wildman–Crippen LogP) is 3.76. The fourth-order valence-corrected chi connectivity index (χ4v) is 3.21. The van der Waals surface area contributed by atoms with Crippen LogP contribution in [0, 0.1) is 6.92 Å². The number of aromatic nitrogens is 4. The molecule has 0 bridgehead atoms. The highest BCUT2D eigenvalue weighted by molar-refractivity contribution is 9.10. The van der Waals surface area contributed by atoms with Gasteiger partial charge in [0.05, 0.1) is 16.7 Å². The summed E-state index contributed by atoms with van der Waals surface area (Å²) in [7, 11) is 0. The fraction of sp³-hybridized carbons (Fsp3) is 0.0625. The maximum absolute atomic E-state index is 12.9. The number of hydrogen-bond donors (Lipinski definition) is 0. The van der Waals surface area contributed by atoms with Crippen molar-refractivity contribution in [2.24, 2.45) is 0 Å². The zero-order valence-electron chi connectivity index (χ0n) is 12.0. The van der Waals surface area contributed by atoms with Crippen molar-refractivity contribution in [3.8, 4) is 5.69 Å². The van der Waals surface area contributed by atoms with Crippen LogP contribution in [0.1, 0.15) is 5.56 Å². The highest BCUT2D eigenvalue weighted by atomic mass is 79.9. The molecule has 114 valence electrons. The molecule has 1 aromatic carbocycles. The molecular weight excluding hydrogens is 380 g/mol. The normalized spacial score (nSPS) is 11.4. The summed E-state index contributed by atoms with van der Waals surface area (Å²) in [6.07, 6.45) is 4.98. The summed E-state index contributed by atoms with van der Waals surface area (Å²) in [5, 5.41) is 0.267. The van der Waals surface area contributed by atoms with E-state index in [1.165, 1.54) is 0 Å². The molecule has 0 amide bonds. The summed E-state index contributed by atoms with van der Waals surface area (Å²) in [6.45, 7) is 2.00. The molecule has 0 unspecified atom stereocenters. The molecule has 4 rings (SSSR count). The zero-order valence-corrected chi connectivity index (χ0v) is 14.3. The van der Waals surface area contributed by atoms with Crippen molar-refractivity contribution in [1.82, 2.24) is 18.9 Å². The average Bonchev–Trinajstić information content (AvgIpc) is 3.01. The number of nitrogens with zero attached hydrogens (tertiary/aromatic N) is 4. The Morgan fingerprint density at radius 2 is 2.00 bits per heavy atom. The van der Waals surface area contributed by atoms with E-state index < -0.39 is 0 Å². The number of halogens is 2. The van der Waals surface area contributed by atoms with Crippen molar-refractivity contribution in [3.05, 3.63) is 68.4 Å². The van der Waals surface area contributed by atoms with Gasteiger partial charge >= 0.3 is 0 Å². The quantitative estimate of drug-likeness (QED) is 0.466. The molecular formula is C16H10BrClN4O. The summed E-state index contributed by atoms with van der Waals surface area (Å²) in [5.74, 6) is 0. The number of aryl methyl sites for hydroxylation is 1. The molecule has 0 fully saturated rings. The maximum Gasteiger partial charge on any atom is 0.299 e. The number of fused-ring (bicyclic) bond motifs is 3. The van der Waals surface area contributed by atoms with E-state index in [1.807, 2.05) is 19.1 Å². The predicted molar refractivity (Wildman–Crippen MR) is 93.5 cm³/mol. The number of pyridine rings is 1. The molecule has 23 heavy (non-hydrogen) atoms. The lowest BCUT2D eigenvalue weighted by molar-refractivity contribution is 1.00. The van der Waals surface area contributed by atoms with Gasteiger partial charge in [0, 0.05) is 23.1 Å². The van der Waals surface area contributed by atoms with Gasteiger partial charge < -0.3 is 0 Å². The van der Waals surface area contributed by atoms with Crippen molar-refractivity contribution < 1.29 is 0 Å². The van der Waals surface area contributed by atoms with E-state index in [4.69, 9.17) is 11.6 Å². The van der Waals surface area contributed by atoms with E-state index in [2.05, 4.69) is 25.9 Å². The summed E-state index contributed by atoms with van der Waals surface area (Å²) >= 11 is 9.75. The molecule has 0 atom stereocenters. The van der Waals surface area contributed by atoms with Crippen molar-refractivity contribution in [3.63, 3.8) is 0 Å². The second-order valence-corrected chi connectivity index (χ2v) is 6.38. The van der Waals surface area contributed by atoms with Gasteiger partial charge in [-0.1, -0.05) is 27.5 Å². The van der Waals surface area contributed by atoms with Gasteiger partial charge in [-0.05, 0) is 36.8 Å². The minimum absolute atomic E-state index is 0.242. The minimum Gasteiger partial charge on any atom is -0.294 e. The topological polar surface area (TPSA) is 52.2 Å². The Labute approximate surface area is 144 Å². The molecule has 3 aromatic heterocycles.